The molecule has 3 atom stereocenters. The Bertz CT molecular complexity index is 1140. The summed E-state index contributed by atoms with van der Waals surface area (Å²) in [5, 5.41) is 3.54. The first kappa shape index (κ1) is 25.3. The summed E-state index contributed by atoms with van der Waals surface area (Å²) < 4.78 is 4.90. The first-order valence-electron chi connectivity index (χ1n) is 12.1. The number of anilines is 1. The molecule has 0 bridgehead atoms. The van der Waals surface area contributed by atoms with Gasteiger partial charge in [0.1, 0.15) is 0 Å². The number of fused-ring (bicyclic) bond motifs is 1. The highest BCUT2D eigenvalue weighted by atomic mass is 79.9. The third-order valence-corrected chi connectivity index (χ3v) is 12.2. The molecule has 1 saturated heterocycles. The van der Waals surface area contributed by atoms with E-state index < -0.39 is 10.2 Å². The Morgan fingerprint density at radius 1 is 0.800 bits per heavy atom. The lowest BCUT2D eigenvalue weighted by Gasteiger charge is -2.49. The molecule has 35 heavy (non-hydrogen) atoms. The Kier molecular flexibility index (Phi) is 7.89. The summed E-state index contributed by atoms with van der Waals surface area (Å²) in [6, 6.07) is 25.7. The number of nitrogens with one attached hydrogen (secondary N) is 1. The minimum Gasteiger partial charge on any atom is -0.359 e. The number of benzene rings is 3. The van der Waals surface area contributed by atoms with Gasteiger partial charge in [0.2, 0.25) is 0 Å². The van der Waals surface area contributed by atoms with Gasteiger partial charge >= 0.3 is 0 Å². The monoisotopic (exact) mass is 617 g/mol. The van der Waals surface area contributed by atoms with Gasteiger partial charge in [-0.3, -0.25) is 4.31 Å². The highest BCUT2D eigenvalue weighted by Gasteiger charge is 2.44. The maximum absolute atomic E-state index is 6.94. The highest BCUT2D eigenvalue weighted by Crippen LogP contribution is 2.67. The van der Waals surface area contributed by atoms with Crippen LogP contribution in [-0.2, 0) is 0 Å². The van der Waals surface area contributed by atoms with Crippen molar-refractivity contribution in [1.82, 2.24) is 9.62 Å². The molecular formula is C27H33Br2N5S. The molecule has 0 spiro atoms. The molecule has 1 fully saturated rings. The molecule has 3 aromatic carbocycles. The molecule has 186 valence electrons. The van der Waals surface area contributed by atoms with Crippen LogP contribution in [-0.4, -0.2) is 48.7 Å². The Balaban J connectivity index is 1.48. The molecule has 5 N–H and O–H groups in total. The van der Waals surface area contributed by atoms with Crippen molar-refractivity contribution in [3.63, 3.8) is 0 Å². The van der Waals surface area contributed by atoms with Gasteiger partial charge in [-0.15, -0.1) is 10.2 Å². The second-order valence-corrected chi connectivity index (χ2v) is 14.4. The van der Waals surface area contributed by atoms with E-state index in [9.17, 15) is 0 Å². The van der Waals surface area contributed by atoms with E-state index in [2.05, 4.69) is 119 Å². The van der Waals surface area contributed by atoms with Crippen LogP contribution in [0.25, 0.3) is 0 Å². The third kappa shape index (κ3) is 5.34. The van der Waals surface area contributed by atoms with Crippen LogP contribution >= 0.6 is 42.1 Å². The largest absolute Gasteiger partial charge is 0.359 e. The van der Waals surface area contributed by atoms with Gasteiger partial charge in [-0.05, 0) is 47.5 Å². The van der Waals surface area contributed by atoms with Gasteiger partial charge in [0, 0.05) is 64.4 Å². The number of para-hydroxylation sites is 1. The quantitative estimate of drug-likeness (QED) is 0.332. The molecule has 8 heteroatoms. The smallest absolute Gasteiger partial charge is 0.0641 e. The van der Waals surface area contributed by atoms with Crippen LogP contribution in [0.5, 0.6) is 0 Å². The number of hydrogen-bond donors (Lipinski definition) is 3. The van der Waals surface area contributed by atoms with Crippen LogP contribution in [0, 0.1) is 0 Å². The average Bonchev–Trinajstić information content (AvgIpc) is 3.19. The SMILES string of the molecule is NC(CN1CS(CC(N)c2ccc(Br)cc2)(N2CCNCC2)c2ccccc21)c1ccc(Br)cc1. The minimum atomic E-state index is -1.34. The molecule has 0 aliphatic carbocycles. The van der Waals surface area contributed by atoms with E-state index in [1.165, 1.54) is 16.1 Å². The van der Waals surface area contributed by atoms with Crippen molar-refractivity contribution in [3.05, 3.63) is 92.9 Å². The molecular weight excluding hydrogens is 586 g/mol. The normalized spacial score (nSPS) is 23.9. The van der Waals surface area contributed by atoms with Crippen molar-refractivity contribution >= 4 is 47.8 Å². The fraction of sp³-hybridized carbons (Fsp3) is 0.333. The molecule has 2 heterocycles. The Hall–Kier alpha value is -1.39. The van der Waals surface area contributed by atoms with E-state index in [-0.39, 0.29) is 12.1 Å². The fourth-order valence-corrected chi connectivity index (χ4v) is 10.2. The molecule has 2 aliphatic rings. The van der Waals surface area contributed by atoms with Crippen molar-refractivity contribution in [2.24, 2.45) is 11.5 Å². The van der Waals surface area contributed by atoms with Crippen LogP contribution in [0.3, 0.4) is 0 Å². The van der Waals surface area contributed by atoms with Crippen molar-refractivity contribution in [2.45, 2.75) is 17.0 Å². The first-order chi connectivity index (χ1) is 17.0. The number of rotatable bonds is 7. The minimum absolute atomic E-state index is 0.0267. The maximum Gasteiger partial charge on any atom is 0.0641 e. The summed E-state index contributed by atoms with van der Waals surface area (Å²) in [4.78, 5) is 3.98. The van der Waals surface area contributed by atoms with Crippen molar-refractivity contribution in [1.29, 1.82) is 0 Å². The van der Waals surface area contributed by atoms with Gasteiger partial charge in [0.05, 0.1) is 11.6 Å². The van der Waals surface area contributed by atoms with E-state index in [1.54, 1.807) is 0 Å². The van der Waals surface area contributed by atoms with Gasteiger partial charge in [-0.1, -0.05) is 68.3 Å². The van der Waals surface area contributed by atoms with E-state index >= 15 is 0 Å². The summed E-state index contributed by atoms with van der Waals surface area (Å²) in [7, 11) is -1.34. The number of nitrogens with zero attached hydrogens (tertiary/aromatic N) is 2. The lowest BCUT2D eigenvalue weighted by atomic mass is 10.1. The molecule has 5 rings (SSSR count). The van der Waals surface area contributed by atoms with E-state index in [1.807, 2.05) is 0 Å². The third-order valence-electron chi connectivity index (χ3n) is 7.02. The van der Waals surface area contributed by atoms with Crippen LogP contribution in [0.2, 0.25) is 0 Å². The topological polar surface area (TPSA) is 70.5 Å². The summed E-state index contributed by atoms with van der Waals surface area (Å²) in [6.07, 6.45) is 0. The van der Waals surface area contributed by atoms with Crippen LogP contribution in [0.4, 0.5) is 5.69 Å². The second-order valence-electron chi connectivity index (χ2n) is 9.32. The Morgan fingerprint density at radius 3 is 2.00 bits per heavy atom. The number of hydrogen-bond acceptors (Lipinski definition) is 5. The fourth-order valence-electron chi connectivity index (χ4n) is 5.21. The lowest BCUT2D eigenvalue weighted by Crippen LogP contribution is -2.47. The van der Waals surface area contributed by atoms with Crippen molar-refractivity contribution < 1.29 is 0 Å². The van der Waals surface area contributed by atoms with E-state index in [0.717, 1.165) is 58.9 Å². The van der Waals surface area contributed by atoms with E-state index in [0.29, 0.717) is 0 Å². The molecule has 0 radical (unpaired) electrons. The van der Waals surface area contributed by atoms with Gasteiger partial charge in [-0.25, -0.2) is 0 Å². The Labute approximate surface area is 226 Å². The molecule has 3 aromatic rings. The zero-order valence-electron chi connectivity index (χ0n) is 19.7. The predicted molar refractivity (Wildman–Crippen MR) is 156 cm³/mol. The van der Waals surface area contributed by atoms with Gasteiger partial charge in [-0.2, -0.15) is 0 Å². The summed E-state index contributed by atoms with van der Waals surface area (Å²) in [6.45, 7) is 4.91. The van der Waals surface area contributed by atoms with Gasteiger partial charge in [0.25, 0.3) is 0 Å². The number of nitrogens with two attached hydrogens (primary N) is 2. The molecule has 0 saturated carbocycles. The van der Waals surface area contributed by atoms with Crippen LogP contribution < -0.4 is 21.7 Å². The molecule has 0 aromatic heterocycles. The van der Waals surface area contributed by atoms with Crippen LogP contribution in [0.1, 0.15) is 23.2 Å². The molecule has 0 amide bonds. The van der Waals surface area contributed by atoms with Crippen LogP contribution in [0.15, 0.2) is 86.6 Å². The highest BCUT2D eigenvalue weighted by molar-refractivity contribution is 9.10. The molecule has 2 aliphatic heterocycles. The van der Waals surface area contributed by atoms with Gasteiger partial charge < -0.3 is 21.7 Å². The lowest BCUT2D eigenvalue weighted by molar-refractivity contribution is 0.385. The zero-order chi connectivity index (χ0) is 24.4. The van der Waals surface area contributed by atoms with Crippen molar-refractivity contribution in [3.8, 4) is 0 Å². The predicted octanol–water partition coefficient (Wildman–Crippen LogP) is 5.37. The molecule has 5 nitrogen and oxygen atoms in total. The van der Waals surface area contributed by atoms with E-state index in [4.69, 9.17) is 11.5 Å². The second kappa shape index (κ2) is 10.9. The standard InChI is InChI=1S/C27H33Br2N5S/c28-22-9-5-20(6-10-22)24(30)17-33-19-35(34-15-13-32-14-16-34,27-4-2-1-3-26(27)33)18-25(31)21-7-11-23(29)12-8-21/h1-12,24-25,32H,13-19,30-31H2. The molecule has 3 unspecified atom stereocenters. The summed E-state index contributed by atoms with van der Waals surface area (Å²) in [5.74, 6) is 1.91. The van der Waals surface area contributed by atoms with Gasteiger partial charge in [0.15, 0.2) is 0 Å². The number of piperazine rings is 1. The maximum atomic E-state index is 6.94. The Morgan fingerprint density at radius 2 is 1.37 bits per heavy atom. The van der Waals surface area contributed by atoms with Crippen molar-refractivity contribution in [2.75, 3.05) is 49.3 Å². The summed E-state index contributed by atoms with van der Waals surface area (Å²) >= 11 is 7.10. The summed E-state index contributed by atoms with van der Waals surface area (Å²) in [5.41, 5.74) is 17.4. The zero-order valence-corrected chi connectivity index (χ0v) is 23.7. The first-order valence-corrected chi connectivity index (χ1v) is 15.6. The number of halogens is 2. The average molecular weight is 619 g/mol.